The smallest absolute Gasteiger partial charge is 0.368 e. The highest BCUT2D eigenvalue weighted by Gasteiger charge is 2.31. The fourth-order valence-electron chi connectivity index (χ4n) is 5.80. The van der Waals surface area contributed by atoms with Crippen molar-refractivity contribution in [2.45, 2.75) is 24.9 Å². The van der Waals surface area contributed by atoms with Gasteiger partial charge in [0.05, 0.1) is 10.6 Å². The van der Waals surface area contributed by atoms with Gasteiger partial charge in [0.15, 0.2) is 0 Å². The molecule has 0 bridgehead atoms. The maximum absolute atomic E-state index is 13.5. The van der Waals surface area contributed by atoms with Crippen molar-refractivity contribution >= 4 is 28.8 Å². The van der Waals surface area contributed by atoms with Gasteiger partial charge in [-0.2, -0.15) is 13.2 Å². The fraction of sp³-hybridized carbons (Fsp3) is 0.303. The molecule has 0 N–H and O–H groups in total. The summed E-state index contributed by atoms with van der Waals surface area (Å²) in [5.74, 6) is -0.0167. The third-order valence-electron chi connectivity index (χ3n) is 8.24. The normalized spacial score (nSPS) is 16.4. The number of piperidine rings is 1. The van der Waals surface area contributed by atoms with Crippen molar-refractivity contribution in [3.63, 3.8) is 0 Å². The molecule has 4 aromatic rings. The van der Waals surface area contributed by atoms with Crippen LogP contribution in [0.2, 0.25) is 0 Å². The first-order chi connectivity index (χ1) is 20.8. The summed E-state index contributed by atoms with van der Waals surface area (Å²) in [6, 6.07) is 22.1. The van der Waals surface area contributed by atoms with Gasteiger partial charge in [0.2, 0.25) is 0 Å². The molecule has 0 saturated carbocycles. The van der Waals surface area contributed by atoms with Crippen LogP contribution in [0.5, 0.6) is 0 Å². The standard InChI is InChI=1S/C33H31F3N4O2S/c34-33(35,36)25-12-10-23(11-13-25)27-8-4-5-9-28(27)31(41)39-16-14-24(15-17-39)30-37-29(22-43-30)32(42)40-20-18-38(19-21-40)26-6-2-1-3-7-26/h1-13,22,24H,14-21H2. The molecule has 3 heterocycles. The number of likely N-dealkylation sites (tertiary alicyclic amines) is 1. The third-order valence-corrected chi connectivity index (χ3v) is 9.25. The van der Waals surface area contributed by atoms with E-state index in [0.29, 0.717) is 48.6 Å². The van der Waals surface area contributed by atoms with E-state index in [1.807, 2.05) is 28.5 Å². The summed E-state index contributed by atoms with van der Waals surface area (Å²) in [7, 11) is 0. The molecule has 0 unspecified atom stereocenters. The van der Waals surface area contributed by atoms with E-state index in [0.717, 1.165) is 43.1 Å². The molecule has 0 spiro atoms. The Bertz CT molecular complexity index is 1570. The minimum Gasteiger partial charge on any atom is -0.368 e. The molecule has 6 nitrogen and oxygen atoms in total. The summed E-state index contributed by atoms with van der Waals surface area (Å²) in [5.41, 5.74) is 2.56. The van der Waals surface area contributed by atoms with Crippen LogP contribution in [0.25, 0.3) is 11.1 Å². The average Bonchev–Trinajstić information content (AvgIpc) is 3.55. The van der Waals surface area contributed by atoms with E-state index >= 15 is 0 Å². The van der Waals surface area contributed by atoms with Gasteiger partial charge >= 0.3 is 6.18 Å². The van der Waals surface area contributed by atoms with Gasteiger partial charge in [-0.15, -0.1) is 11.3 Å². The SMILES string of the molecule is O=C(c1csc(C2CCN(C(=O)c3ccccc3-c3ccc(C(F)(F)F)cc3)CC2)n1)N1CCN(c2ccccc2)CC1. The summed E-state index contributed by atoms with van der Waals surface area (Å²) >= 11 is 1.50. The molecule has 10 heteroatoms. The number of nitrogens with zero attached hydrogens (tertiary/aromatic N) is 4. The number of hydrogen-bond acceptors (Lipinski definition) is 5. The number of amides is 2. The van der Waals surface area contributed by atoms with E-state index < -0.39 is 11.7 Å². The minimum absolute atomic E-state index is 0.0392. The number of thiazole rings is 1. The largest absolute Gasteiger partial charge is 0.416 e. The summed E-state index contributed by atoms with van der Waals surface area (Å²) < 4.78 is 39.1. The monoisotopic (exact) mass is 604 g/mol. The highest BCUT2D eigenvalue weighted by Crippen LogP contribution is 2.34. The lowest BCUT2D eigenvalue weighted by molar-refractivity contribution is -0.137. The van der Waals surface area contributed by atoms with Crippen molar-refractivity contribution < 1.29 is 22.8 Å². The van der Waals surface area contributed by atoms with Gasteiger partial charge in [-0.1, -0.05) is 48.5 Å². The van der Waals surface area contributed by atoms with Crippen LogP contribution < -0.4 is 4.90 Å². The van der Waals surface area contributed by atoms with Crippen molar-refractivity contribution in [3.05, 3.63) is 106 Å². The first-order valence-electron chi connectivity index (χ1n) is 14.4. The molecule has 2 aliphatic heterocycles. The second-order valence-corrected chi connectivity index (χ2v) is 11.8. The molecule has 43 heavy (non-hydrogen) atoms. The fourth-order valence-corrected chi connectivity index (χ4v) is 6.77. The molecule has 1 aromatic heterocycles. The van der Waals surface area contributed by atoms with E-state index in [4.69, 9.17) is 4.98 Å². The molecule has 222 valence electrons. The zero-order chi connectivity index (χ0) is 30.0. The Balaban J connectivity index is 1.06. The van der Waals surface area contributed by atoms with Crippen molar-refractivity contribution in [3.8, 4) is 11.1 Å². The van der Waals surface area contributed by atoms with E-state index in [-0.39, 0.29) is 17.7 Å². The maximum atomic E-state index is 13.5. The molecule has 0 atom stereocenters. The first-order valence-corrected chi connectivity index (χ1v) is 15.3. The van der Waals surface area contributed by atoms with Crippen molar-refractivity contribution in [1.82, 2.24) is 14.8 Å². The molecule has 0 radical (unpaired) electrons. The number of carbonyl (C=O) groups excluding carboxylic acids is 2. The molecule has 3 aromatic carbocycles. The van der Waals surface area contributed by atoms with E-state index in [1.165, 1.54) is 29.2 Å². The summed E-state index contributed by atoms with van der Waals surface area (Å²) in [6.07, 6.45) is -2.96. The zero-order valence-corrected chi connectivity index (χ0v) is 24.3. The van der Waals surface area contributed by atoms with E-state index in [1.54, 1.807) is 29.2 Å². The Morgan fingerprint density at radius 2 is 1.37 bits per heavy atom. The number of alkyl halides is 3. The number of aromatic nitrogens is 1. The van der Waals surface area contributed by atoms with Gasteiger partial charge in [-0.25, -0.2) is 4.98 Å². The number of hydrogen-bond donors (Lipinski definition) is 0. The zero-order valence-electron chi connectivity index (χ0n) is 23.5. The van der Waals surface area contributed by atoms with E-state index in [2.05, 4.69) is 17.0 Å². The number of carbonyl (C=O) groups is 2. The minimum atomic E-state index is -4.41. The van der Waals surface area contributed by atoms with Gasteiger partial charge in [-0.05, 0) is 54.3 Å². The molecular weight excluding hydrogens is 573 g/mol. The number of halogens is 3. The Morgan fingerprint density at radius 3 is 2.05 bits per heavy atom. The number of piperazine rings is 1. The number of benzene rings is 3. The lowest BCUT2D eigenvalue weighted by atomic mass is 9.94. The van der Waals surface area contributed by atoms with Crippen LogP contribution in [0.3, 0.4) is 0 Å². The van der Waals surface area contributed by atoms with Crippen LogP contribution in [0, 0.1) is 0 Å². The summed E-state index contributed by atoms with van der Waals surface area (Å²) in [4.78, 5) is 37.4. The molecular formula is C33H31F3N4O2S. The Morgan fingerprint density at radius 1 is 0.744 bits per heavy atom. The number of rotatable bonds is 5. The van der Waals surface area contributed by atoms with Crippen molar-refractivity contribution in [2.75, 3.05) is 44.2 Å². The van der Waals surface area contributed by atoms with Gasteiger partial charge in [0, 0.05) is 61.8 Å². The first kappa shape index (κ1) is 28.9. The lowest BCUT2D eigenvalue weighted by Gasteiger charge is -2.35. The predicted octanol–water partition coefficient (Wildman–Crippen LogP) is 6.81. The molecule has 6 rings (SSSR count). The summed E-state index contributed by atoms with van der Waals surface area (Å²) in [5, 5.41) is 2.77. The Labute approximate surface area is 252 Å². The van der Waals surface area contributed by atoms with Crippen LogP contribution in [0.1, 0.15) is 50.2 Å². The van der Waals surface area contributed by atoms with Gasteiger partial charge in [-0.3, -0.25) is 9.59 Å². The molecule has 2 saturated heterocycles. The van der Waals surface area contributed by atoms with Gasteiger partial charge < -0.3 is 14.7 Å². The van der Waals surface area contributed by atoms with E-state index in [9.17, 15) is 22.8 Å². The van der Waals surface area contributed by atoms with Crippen LogP contribution in [0.4, 0.5) is 18.9 Å². The molecule has 2 aliphatic rings. The lowest BCUT2D eigenvalue weighted by Crippen LogP contribution is -2.48. The van der Waals surface area contributed by atoms with Crippen molar-refractivity contribution in [2.24, 2.45) is 0 Å². The van der Waals surface area contributed by atoms with Crippen LogP contribution in [-0.2, 0) is 6.18 Å². The quantitative estimate of drug-likeness (QED) is 0.251. The highest BCUT2D eigenvalue weighted by atomic mass is 32.1. The predicted molar refractivity (Wildman–Crippen MR) is 161 cm³/mol. The topological polar surface area (TPSA) is 56.8 Å². The van der Waals surface area contributed by atoms with Crippen LogP contribution >= 0.6 is 11.3 Å². The second-order valence-electron chi connectivity index (χ2n) is 10.9. The molecule has 2 amide bonds. The average molecular weight is 605 g/mol. The Kier molecular flexibility index (Phi) is 8.21. The highest BCUT2D eigenvalue weighted by molar-refractivity contribution is 7.09. The molecule has 2 fully saturated rings. The van der Waals surface area contributed by atoms with Crippen LogP contribution in [-0.4, -0.2) is 65.9 Å². The Hall–Kier alpha value is -4.18. The number of para-hydroxylation sites is 1. The molecule has 0 aliphatic carbocycles. The second kappa shape index (κ2) is 12.2. The van der Waals surface area contributed by atoms with Gasteiger partial charge in [0.1, 0.15) is 5.69 Å². The number of anilines is 1. The van der Waals surface area contributed by atoms with Gasteiger partial charge in [0.25, 0.3) is 11.8 Å². The maximum Gasteiger partial charge on any atom is 0.416 e. The van der Waals surface area contributed by atoms with Crippen LogP contribution in [0.15, 0.2) is 84.2 Å². The van der Waals surface area contributed by atoms with Crippen molar-refractivity contribution in [1.29, 1.82) is 0 Å². The third kappa shape index (κ3) is 6.29. The summed E-state index contributed by atoms with van der Waals surface area (Å²) in [6.45, 7) is 3.93.